The van der Waals surface area contributed by atoms with Gasteiger partial charge in [-0.1, -0.05) is 108 Å². The first-order chi connectivity index (χ1) is 37.9. The van der Waals surface area contributed by atoms with E-state index in [1.165, 1.54) is 53.8 Å². The molecule has 394 valence electrons. The minimum atomic E-state index is -2.28. The maximum Gasteiger partial charge on any atom is 0.421 e. The van der Waals surface area contributed by atoms with E-state index in [4.69, 9.17) is 28.7 Å². The van der Waals surface area contributed by atoms with Crippen LogP contribution in [0.25, 0.3) is 10.2 Å². The Hall–Kier alpha value is -9.29. The summed E-state index contributed by atoms with van der Waals surface area (Å²) in [5, 5.41) is 24.3. The fourth-order valence-corrected chi connectivity index (χ4v) is 11.6. The predicted octanol–water partition coefficient (Wildman–Crippen LogP) is 7.92. The highest BCUT2D eigenvalue weighted by Gasteiger charge is 2.76. The van der Waals surface area contributed by atoms with E-state index in [9.17, 15) is 29.6 Å². The summed E-state index contributed by atoms with van der Waals surface area (Å²) in [6, 6.07) is 38.1. The number of rotatable bonds is 14. The van der Waals surface area contributed by atoms with Crippen molar-refractivity contribution in [2.45, 2.75) is 42.7 Å². The molecular weight excluding hydrogens is 1020 g/mol. The predicted molar refractivity (Wildman–Crippen MR) is 281 cm³/mol. The first-order valence-corrected chi connectivity index (χ1v) is 25.3. The third kappa shape index (κ3) is 9.55. The largest absolute Gasteiger partial charge is 0.491 e. The van der Waals surface area contributed by atoms with E-state index in [0.717, 1.165) is 23.8 Å². The van der Waals surface area contributed by atoms with Crippen LogP contribution in [0.3, 0.4) is 0 Å². The molecule has 3 aliphatic heterocycles. The molecule has 0 saturated carbocycles. The Bertz CT molecular complexity index is 3480. The van der Waals surface area contributed by atoms with Crippen LogP contribution in [-0.4, -0.2) is 89.2 Å². The van der Waals surface area contributed by atoms with E-state index in [-0.39, 0.29) is 47.3 Å². The van der Waals surface area contributed by atoms with Crippen LogP contribution < -0.4 is 15.0 Å². The second kappa shape index (κ2) is 22.1. The van der Waals surface area contributed by atoms with E-state index in [0.29, 0.717) is 33.5 Å². The van der Waals surface area contributed by atoms with Crippen molar-refractivity contribution in [3.05, 3.63) is 195 Å². The molecule has 19 nitrogen and oxygen atoms in total. The van der Waals surface area contributed by atoms with Gasteiger partial charge in [-0.15, -0.1) is 0 Å². The molecule has 10 rings (SSSR count). The highest BCUT2D eigenvalue weighted by atomic mass is 32.1. The molecule has 6 aromatic carbocycles. The number of cyclic esters (lactones) is 1. The smallest absolute Gasteiger partial charge is 0.421 e. The number of nitrogens with zero attached hydrogens (tertiary/aromatic N) is 4. The number of methoxy groups -OCH3 is 2. The number of hydrogen-bond acceptors (Lipinski definition) is 17. The maximum absolute atomic E-state index is 16.7. The lowest BCUT2D eigenvalue weighted by atomic mass is 9.65. The van der Waals surface area contributed by atoms with Crippen molar-refractivity contribution < 1.29 is 62.5 Å². The Labute approximate surface area is 449 Å². The van der Waals surface area contributed by atoms with Gasteiger partial charge < -0.3 is 34.1 Å². The van der Waals surface area contributed by atoms with Gasteiger partial charge in [0.1, 0.15) is 36.5 Å². The summed E-state index contributed by atoms with van der Waals surface area (Å²) in [4.78, 5) is 107. The molecule has 7 aromatic rings. The molecule has 20 heteroatoms. The van der Waals surface area contributed by atoms with Crippen molar-refractivity contribution in [2.24, 2.45) is 11.8 Å². The monoisotopic (exact) mass is 1070 g/mol. The first-order valence-electron chi connectivity index (χ1n) is 24.5. The van der Waals surface area contributed by atoms with Gasteiger partial charge in [-0.3, -0.25) is 39.0 Å². The summed E-state index contributed by atoms with van der Waals surface area (Å²) >= 11 is 1.17. The number of nitro groups is 1. The van der Waals surface area contributed by atoms with Gasteiger partial charge in [-0.2, -0.15) is 0 Å². The number of amides is 3. The van der Waals surface area contributed by atoms with Crippen molar-refractivity contribution in [1.82, 2.24) is 9.88 Å². The zero-order valence-electron chi connectivity index (χ0n) is 41.7. The lowest BCUT2D eigenvalue weighted by Crippen LogP contribution is -2.54. The number of esters is 3. The highest BCUT2D eigenvalue weighted by Crippen LogP contribution is 2.66. The second-order valence-electron chi connectivity index (χ2n) is 18.3. The average molecular weight is 1070 g/mol. The molecule has 2 saturated heterocycles. The number of carbonyl (C=O) groups is 6. The number of thiazole rings is 1. The van der Waals surface area contributed by atoms with Crippen LogP contribution in [0.2, 0.25) is 0 Å². The maximum atomic E-state index is 16.7. The van der Waals surface area contributed by atoms with Crippen LogP contribution in [0.4, 0.5) is 21.3 Å². The lowest BCUT2D eigenvalue weighted by molar-refractivity contribution is -0.384. The molecule has 4 heterocycles. The Morgan fingerprint density at radius 3 is 2.15 bits per heavy atom. The number of para-hydroxylation sites is 1. The third-order valence-corrected chi connectivity index (χ3v) is 15.0. The Balaban J connectivity index is 1.23. The summed E-state index contributed by atoms with van der Waals surface area (Å²) in [6.45, 7) is -0.763. The van der Waals surface area contributed by atoms with Crippen LogP contribution >= 0.6 is 11.3 Å². The van der Waals surface area contributed by atoms with Crippen LogP contribution in [0.15, 0.2) is 152 Å². The van der Waals surface area contributed by atoms with Crippen molar-refractivity contribution in [1.29, 1.82) is 0 Å². The number of morpholine rings is 1. The van der Waals surface area contributed by atoms with Gasteiger partial charge in [0.05, 0.1) is 59.7 Å². The number of fused-ring (bicyclic) bond motifs is 4. The number of hydrogen-bond donors (Lipinski definition) is 2. The fraction of sp³-hybridized carbons (Fsp3) is 0.224. The number of nitro benzene ring substituents is 1. The Kier molecular flexibility index (Phi) is 14.8. The van der Waals surface area contributed by atoms with E-state index in [2.05, 4.69) is 17.2 Å². The SMILES string of the molecule is COC(=O)C(CC#Cc1ccc2c(c1)[C@]1(C(=O)N2C(=O)OCc2ccc([N+](=O)[O-])cc2)[C@H](c2ccc(OCCO)cc2)N2[C@H](c3ccccc3)[C@H](c3ccccc3)OC(=O)[C@H]2[C@@H]1C(=O)Nc1nc2ccccc2s1)C(=O)OC. The summed E-state index contributed by atoms with van der Waals surface area (Å²) in [5.74, 6) is -1.37. The third-order valence-electron chi connectivity index (χ3n) is 14.0. The first kappa shape index (κ1) is 52.2. The molecule has 1 spiro atoms. The molecule has 3 aliphatic rings. The number of carbonyl (C=O) groups excluding carboxylic acids is 6. The summed E-state index contributed by atoms with van der Waals surface area (Å²) in [6.07, 6.45) is -2.56. The molecule has 6 atom stereocenters. The minimum absolute atomic E-state index is 0.0315. The van der Waals surface area contributed by atoms with Crippen molar-refractivity contribution >= 4 is 73.9 Å². The van der Waals surface area contributed by atoms with Crippen molar-refractivity contribution in [3.63, 3.8) is 0 Å². The molecule has 2 fully saturated rings. The van der Waals surface area contributed by atoms with E-state index >= 15 is 14.4 Å². The molecule has 0 bridgehead atoms. The summed E-state index contributed by atoms with van der Waals surface area (Å²) in [5.41, 5.74) is 0.340. The number of imide groups is 1. The number of aliphatic hydroxyl groups excluding tert-OH is 1. The number of anilines is 2. The van der Waals surface area contributed by atoms with Gasteiger partial charge in [-0.05, 0) is 82.4 Å². The van der Waals surface area contributed by atoms with E-state index in [1.54, 1.807) is 48.5 Å². The topological polar surface area (TPSA) is 243 Å². The number of non-ortho nitro benzene ring substituents is 1. The van der Waals surface area contributed by atoms with E-state index < -0.39 is 88.8 Å². The number of benzene rings is 6. The lowest BCUT2D eigenvalue weighted by Gasteiger charge is -2.46. The second-order valence-corrected chi connectivity index (χ2v) is 19.4. The quantitative estimate of drug-likeness (QED) is 0.0262. The number of ether oxygens (including phenoxy) is 5. The zero-order chi connectivity index (χ0) is 54.7. The summed E-state index contributed by atoms with van der Waals surface area (Å²) in [7, 11) is 2.24. The number of aliphatic hydroxyl groups is 1. The van der Waals surface area contributed by atoms with Gasteiger partial charge in [0, 0.05) is 24.1 Å². The molecule has 3 amide bonds. The molecule has 0 aliphatic carbocycles. The normalized spacial score (nSPS) is 20.3. The van der Waals surface area contributed by atoms with Crippen LogP contribution in [0.5, 0.6) is 5.75 Å². The highest BCUT2D eigenvalue weighted by molar-refractivity contribution is 7.22. The molecule has 2 N–H and O–H groups in total. The summed E-state index contributed by atoms with van der Waals surface area (Å²) < 4.78 is 28.7. The molecular formula is C58H47N5O14S. The van der Waals surface area contributed by atoms with Crippen LogP contribution in [0.1, 0.15) is 58.0 Å². The van der Waals surface area contributed by atoms with Gasteiger partial charge in [0.25, 0.3) is 5.69 Å². The number of nitrogens with one attached hydrogen (secondary N) is 1. The fourth-order valence-electron chi connectivity index (χ4n) is 10.7. The van der Waals surface area contributed by atoms with Gasteiger partial charge in [0.15, 0.2) is 11.0 Å². The molecule has 0 unspecified atom stereocenters. The van der Waals surface area contributed by atoms with Crippen molar-refractivity contribution in [3.8, 4) is 17.6 Å². The van der Waals surface area contributed by atoms with Crippen LogP contribution in [-0.2, 0) is 54.9 Å². The van der Waals surface area contributed by atoms with Gasteiger partial charge >= 0.3 is 24.0 Å². The molecule has 78 heavy (non-hydrogen) atoms. The molecule has 0 radical (unpaired) electrons. The zero-order valence-corrected chi connectivity index (χ0v) is 42.5. The van der Waals surface area contributed by atoms with Crippen molar-refractivity contribution in [2.75, 3.05) is 37.7 Å². The van der Waals surface area contributed by atoms with E-state index in [1.807, 2.05) is 65.6 Å². The van der Waals surface area contributed by atoms with Crippen LogP contribution in [0, 0.1) is 33.8 Å². The van der Waals surface area contributed by atoms with Gasteiger partial charge in [0.2, 0.25) is 11.8 Å². The number of aromatic nitrogens is 1. The van der Waals surface area contributed by atoms with Gasteiger partial charge in [-0.25, -0.2) is 14.7 Å². The Morgan fingerprint density at radius 2 is 1.50 bits per heavy atom. The average Bonchev–Trinajstić information content (AvgIpc) is 2.38. The Morgan fingerprint density at radius 1 is 0.833 bits per heavy atom. The minimum Gasteiger partial charge on any atom is -0.491 e. The molecule has 1 aromatic heterocycles. The standard InChI is InChI=1S/C58H47N5O14S/c1-73-52(66)41(53(67)74-2)17-11-12-34-22-29-44-42(32-34)58(55(69)61(44)57(70)76-33-35-20-25-39(26-21-35)63(71)72)46(51(65)60-56-59-43-18-9-10-19-45(43)78-56)48-54(68)77-49(37-15-7-4-8-16-37)47(36-13-5-3-6-14-36)62(48)50(58)38-23-27-40(28-24-38)75-31-30-64/h3-10,13-16,18-29,32,41,46-50,64H,17,30-31,33H2,1-2H3,(H,59,60,65)/t46-,47-,48-,49+,50+,58-/m1/s1.